The first-order valence-electron chi connectivity index (χ1n) is 15.1. The molecule has 0 fully saturated rings. The van der Waals surface area contributed by atoms with Gasteiger partial charge in [-0.15, -0.1) is 0 Å². The van der Waals surface area contributed by atoms with Crippen LogP contribution in [-0.2, 0) is 12.8 Å². The molecule has 4 nitrogen and oxygen atoms in total. The van der Waals surface area contributed by atoms with Crippen molar-refractivity contribution in [3.63, 3.8) is 0 Å². The fourth-order valence-electron chi connectivity index (χ4n) is 6.83. The van der Waals surface area contributed by atoms with E-state index in [-0.39, 0.29) is 0 Å². The van der Waals surface area contributed by atoms with E-state index in [4.69, 9.17) is 9.97 Å². The lowest BCUT2D eigenvalue weighted by Crippen LogP contribution is -2.12. The summed E-state index contributed by atoms with van der Waals surface area (Å²) in [6.45, 7) is 0. The summed E-state index contributed by atoms with van der Waals surface area (Å²) in [5.74, 6) is 0.914. The van der Waals surface area contributed by atoms with Crippen molar-refractivity contribution in [1.29, 1.82) is 0 Å². The average molecular weight is 565 g/mol. The monoisotopic (exact) mass is 564 g/mol. The Hall–Kier alpha value is -5.74. The van der Waals surface area contributed by atoms with Crippen LogP contribution in [0, 0.1) is 0 Å². The second kappa shape index (κ2) is 9.92. The highest BCUT2D eigenvalue weighted by atomic mass is 15.2. The molecule has 8 aromatic rings. The van der Waals surface area contributed by atoms with Gasteiger partial charge >= 0.3 is 0 Å². The van der Waals surface area contributed by atoms with E-state index in [1.165, 1.54) is 38.7 Å². The van der Waals surface area contributed by atoms with Gasteiger partial charge in [0.1, 0.15) is 5.82 Å². The third-order valence-electron chi connectivity index (χ3n) is 8.94. The first-order valence-corrected chi connectivity index (χ1v) is 15.1. The van der Waals surface area contributed by atoms with E-state index in [2.05, 4.69) is 137 Å². The zero-order valence-electron chi connectivity index (χ0n) is 24.1. The maximum atomic E-state index is 4.87. The molecule has 9 rings (SSSR count). The number of fused-ring (bicyclic) bond motifs is 6. The van der Waals surface area contributed by atoms with Crippen molar-refractivity contribution < 1.29 is 0 Å². The number of hydrogen-bond donors (Lipinski definition) is 0. The van der Waals surface area contributed by atoms with Gasteiger partial charge in [-0.05, 0) is 77.9 Å². The number of aryl methyl sites for hydroxylation is 2. The second-order valence-corrected chi connectivity index (χ2v) is 11.5. The third kappa shape index (κ3) is 3.92. The van der Waals surface area contributed by atoms with E-state index in [1.807, 2.05) is 18.5 Å². The Bertz CT molecular complexity index is 2350. The number of nitrogens with zero attached hydrogens (tertiary/aromatic N) is 4. The highest BCUT2D eigenvalue weighted by molar-refractivity contribution is 6.10. The van der Waals surface area contributed by atoms with Crippen LogP contribution in [0.2, 0.25) is 0 Å². The number of benzene rings is 5. The van der Waals surface area contributed by atoms with Crippen molar-refractivity contribution in [3.8, 4) is 17.1 Å². The average Bonchev–Trinajstić information content (AvgIpc) is 3.32. The zero-order chi connectivity index (χ0) is 29.0. The summed E-state index contributed by atoms with van der Waals surface area (Å²) in [5, 5.41) is 4.79. The third-order valence-corrected chi connectivity index (χ3v) is 8.94. The fraction of sp³-hybridized carbons (Fsp3) is 0.0500. The summed E-state index contributed by atoms with van der Waals surface area (Å²) < 4.78 is 2.29. The van der Waals surface area contributed by atoms with Crippen LogP contribution in [0.15, 0.2) is 146 Å². The molecular formula is C40H28N4. The van der Waals surface area contributed by atoms with Crippen molar-refractivity contribution in [3.05, 3.63) is 157 Å². The molecule has 0 saturated carbocycles. The summed E-state index contributed by atoms with van der Waals surface area (Å²) in [6.07, 6.45) is 5.81. The molecule has 1 aliphatic rings. The molecular weight excluding hydrogens is 536 g/mol. The van der Waals surface area contributed by atoms with Crippen molar-refractivity contribution in [2.75, 3.05) is 4.90 Å². The van der Waals surface area contributed by atoms with Crippen LogP contribution in [0.25, 0.3) is 49.7 Å². The topological polar surface area (TPSA) is 34.0 Å². The number of para-hydroxylation sites is 2. The van der Waals surface area contributed by atoms with E-state index >= 15 is 0 Å². The van der Waals surface area contributed by atoms with E-state index in [0.717, 1.165) is 52.0 Å². The molecule has 1 aliphatic heterocycles. The molecule has 0 spiro atoms. The van der Waals surface area contributed by atoms with Crippen LogP contribution in [-0.4, -0.2) is 14.5 Å². The minimum absolute atomic E-state index is 0.914. The van der Waals surface area contributed by atoms with Crippen LogP contribution in [0.4, 0.5) is 17.1 Å². The molecule has 44 heavy (non-hydrogen) atoms. The Morgan fingerprint density at radius 3 is 2.20 bits per heavy atom. The van der Waals surface area contributed by atoms with E-state index in [9.17, 15) is 0 Å². The number of pyridine rings is 2. The van der Waals surface area contributed by atoms with Crippen molar-refractivity contribution >= 4 is 49.6 Å². The molecule has 0 bridgehead atoms. The van der Waals surface area contributed by atoms with Gasteiger partial charge in [-0.3, -0.25) is 9.55 Å². The molecule has 0 aliphatic carbocycles. The van der Waals surface area contributed by atoms with E-state index < -0.39 is 0 Å². The Labute approximate surface area is 255 Å². The summed E-state index contributed by atoms with van der Waals surface area (Å²) in [4.78, 5) is 12.1. The molecule has 0 unspecified atom stereocenters. The normalized spacial score (nSPS) is 12.8. The lowest BCUT2D eigenvalue weighted by atomic mass is 10.0. The quantitative estimate of drug-likeness (QED) is 0.214. The number of hydrogen-bond acceptors (Lipinski definition) is 3. The Kier molecular flexibility index (Phi) is 5.60. The second-order valence-electron chi connectivity index (χ2n) is 11.5. The van der Waals surface area contributed by atoms with E-state index in [1.54, 1.807) is 0 Å². The van der Waals surface area contributed by atoms with Crippen LogP contribution in [0.1, 0.15) is 11.1 Å². The predicted molar refractivity (Wildman–Crippen MR) is 181 cm³/mol. The van der Waals surface area contributed by atoms with Crippen LogP contribution < -0.4 is 4.90 Å². The fourth-order valence-corrected chi connectivity index (χ4v) is 6.83. The van der Waals surface area contributed by atoms with Crippen LogP contribution >= 0.6 is 0 Å². The molecule has 0 atom stereocenters. The van der Waals surface area contributed by atoms with Crippen molar-refractivity contribution in [2.24, 2.45) is 0 Å². The van der Waals surface area contributed by atoms with Gasteiger partial charge in [-0.1, -0.05) is 84.9 Å². The van der Waals surface area contributed by atoms with Crippen LogP contribution in [0.3, 0.4) is 0 Å². The van der Waals surface area contributed by atoms with Gasteiger partial charge in [0.25, 0.3) is 0 Å². The molecule has 0 saturated heterocycles. The zero-order valence-corrected chi connectivity index (χ0v) is 24.1. The molecule has 0 radical (unpaired) electrons. The largest absolute Gasteiger partial charge is 0.310 e. The smallest absolute Gasteiger partial charge is 0.137 e. The molecule has 208 valence electrons. The molecule has 4 heteroatoms. The molecule has 5 aromatic carbocycles. The standard InChI is InChI=1S/C40H28N4/c1-2-11-31-26-42-35(23-29(31)10-1)30-19-18-28-17-16-27-9-3-5-13-36(27)43(38(28)24-30)32-20-21-34-33-12-4-6-14-37(33)44(39(34)25-32)40-15-7-8-22-41-40/h1-15,18-26H,16-17H2. The number of anilines is 3. The maximum absolute atomic E-state index is 4.87. The molecule has 3 aromatic heterocycles. The van der Waals surface area contributed by atoms with Crippen molar-refractivity contribution in [1.82, 2.24) is 14.5 Å². The van der Waals surface area contributed by atoms with Gasteiger partial charge in [0.2, 0.25) is 0 Å². The highest BCUT2D eigenvalue weighted by Gasteiger charge is 2.24. The van der Waals surface area contributed by atoms with Gasteiger partial charge in [0.15, 0.2) is 0 Å². The van der Waals surface area contributed by atoms with Gasteiger partial charge in [0.05, 0.1) is 22.4 Å². The minimum Gasteiger partial charge on any atom is -0.310 e. The first kappa shape index (κ1) is 24.8. The summed E-state index contributed by atoms with van der Waals surface area (Å²) in [7, 11) is 0. The molecule has 0 N–H and O–H groups in total. The molecule has 0 amide bonds. The van der Waals surface area contributed by atoms with E-state index in [0.29, 0.717) is 0 Å². The summed E-state index contributed by atoms with van der Waals surface area (Å²) in [5.41, 5.74) is 10.6. The summed E-state index contributed by atoms with van der Waals surface area (Å²) >= 11 is 0. The number of aromatic nitrogens is 3. The van der Waals surface area contributed by atoms with Gasteiger partial charge < -0.3 is 4.90 Å². The first-order chi connectivity index (χ1) is 21.8. The van der Waals surface area contributed by atoms with Crippen molar-refractivity contribution in [2.45, 2.75) is 12.8 Å². The lowest BCUT2D eigenvalue weighted by molar-refractivity contribution is 0.977. The highest BCUT2D eigenvalue weighted by Crippen LogP contribution is 2.45. The lowest BCUT2D eigenvalue weighted by Gasteiger charge is -2.28. The summed E-state index contributed by atoms with van der Waals surface area (Å²) in [6, 6.07) is 47.9. The van der Waals surface area contributed by atoms with Gasteiger partial charge in [-0.25, -0.2) is 4.98 Å². The molecule has 4 heterocycles. The van der Waals surface area contributed by atoms with Gasteiger partial charge in [0, 0.05) is 45.5 Å². The Morgan fingerprint density at radius 1 is 0.523 bits per heavy atom. The Morgan fingerprint density at radius 2 is 1.30 bits per heavy atom. The minimum atomic E-state index is 0.914. The van der Waals surface area contributed by atoms with Crippen LogP contribution in [0.5, 0.6) is 0 Å². The Balaban J connectivity index is 1.29. The number of rotatable bonds is 3. The maximum Gasteiger partial charge on any atom is 0.137 e. The predicted octanol–water partition coefficient (Wildman–Crippen LogP) is 9.96. The SMILES string of the molecule is c1ccc(-n2c3ccccc3c3ccc(N4c5ccccc5CCc5ccc(-c6cc7ccccc7cn6)cc54)cc32)nc1. The van der Waals surface area contributed by atoms with Gasteiger partial charge in [-0.2, -0.15) is 0 Å².